The van der Waals surface area contributed by atoms with Gasteiger partial charge in [0.1, 0.15) is 5.82 Å². The summed E-state index contributed by atoms with van der Waals surface area (Å²) in [4.78, 5) is 11.9. The van der Waals surface area contributed by atoms with Gasteiger partial charge in [-0.15, -0.1) is 0 Å². The van der Waals surface area contributed by atoms with Crippen LogP contribution in [0.1, 0.15) is 57.0 Å². The quantitative estimate of drug-likeness (QED) is 0.358. The molecule has 0 bridgehead atoms. The number of halogens is 1. The molecule has 0 unspecified atom stereocenters. The molecule has 0 aliphatic carbocycles. The van der Waals surface area contributed by atoms with Gasteiger partial charge in [-0.3, -0.25) is 0 Å². The first-order valence-corrected chi connectivity index (χ1v) is 11.6. The Labute approximate surface area is 191 Å². The molecule has 0 spiro atoms. The zero-order valence-corrected chi connectivity index (χ0v) is 19.8. The van der Waals surface area contributed by atoms with E-state index in [0.717, 1.165) is 54.9 Å². The predicted molar refractivity (Wildman–Crippen MR) is 135 cm³/mol. The highest BCUT2D eigenvalue weighted by Crippen LogP contribution is 2.25. The van der Waals surface area contributed by atoms with Gasteiger partial charge in [0.15, 0.2) is 5.82 Å². The summed E-state index contributed by atoms with van der Waals surface area (Å²) in [6.07, 6.45) is 5.09. The van der Waals surface area contributed by atoms with Gasteiger partial charge in [-0.1, -0.05) is 69.6 Å². The van der Waals surface area contributed by atoms with Gasteiger partial charge in [0, 0.05) is 17.0 Å². The standard InChI is InChI=1S/C26H33ClN4/c1-5-31(6-2)17-7-16-28-26-23-18-22(27)13-14-24(23)29-25(30-26)15-10-20-8-11-21(12-9-20)19(3)4/h8-15,18-19H,5-7,16-17H2,1-4H3,(H,28,29,30). The fraction of sp³-hybridized carbons (Fsp3) is 0.385. The van der Waals surface area contributed by atoms with E-state index in [4.69, 9.17) is 21.6 Å². The van der Waals surface area contributed by atoms with Gasteiger partial charge in [0.05, 0.1) is 5.52 Å². The number of benzene rings is 2. The Morgan fingerprint density at radius 1 is 1.00 bits per heavy atom. The van der Waals surface area contributed by atoms with Crippen LogP contribution in [0.2, 0.25) is 5.02 Å². The van der Waals surface area contributed by atoms with E-state index in [1.54, 1.807) is 0 Å². The Morgan fingerprint density at radius 2 is 1.74 bits per heavy atom. The smallest absolute Gasteiger partial charge is 0.154 e. The molecule has 3 rings (SSSR count). The summed E-state index contributed by atoms with van der Waals surface area (Å²) >= 11 is 6.24. The van der Waals surface area contributed by atoms with Crippen molar-refractivity contribution in [3.8, 4) is 0 Å². The lowest BCUT2D eigenvalue weighted by molar-refractivity contribution is 0.303. The summed E-state index contributed by atoms with van der Waals surface area (Å²) in [6.45, 7) is 12.9. The van der Waals surface area contributed by atoms with Gasteiger partial charge in [-0.05, 0) is 67.4 Å². The summed E-state index contributed by atoms with van der Waals surface area (Å²) in [5.41, 5.74) is 3.37. The maximum absolute atomic E-state index is 6.24. The molecule has 31 heavy (non-hydrogen) atoms. The molecule has 0 aliphatic rings. The third-order valence-corrected chi connectivity index (χ3v) is 5.78. The third-order valence-electron chi connectivity index (χ3n) is 5.54. The number of hydrogen-bond donors (Lipinski definition) is 1. The van der Waals surface area contributed by atoms with Gasteiger partial charge in [-0.25, -0.2) is 9.97 Å². The average Bonchev–Trinajstić information content (AvgIpc) is 2.78. The maximum atomic E-state index is 6.24. The van der Waals surface area contributed by atoms with Gasteiger partial charge >= 0.3 is 0 Å². The minimum atomic E-state index is 0.532. The van der Waals surface area contributed by atoms with Crippen molar-refractivity contribution in [2.24, 2.45) is 0 Å². The number of hydrogen-bond acceptors (Lipinski definition) is 4. The summed E-state index contributed by atoms with van der Waals surface area (Å²) < 4.78 is 0. The van der Waals surface area contributed by atoms with Crippen LogP contribution in [0, 0.1) is 0 Å². The lowest BCUT2D eigenvalue weighted by Crippen LogP contribution is -2.25. The van der Waals surface area contributed by atoms with Crippen molar-refractivity contribution in [1.82, 2.24) is 14.9 Å². The van der Waals surface area contributed by atoms with Crippen molar-refractivity contribution in [2.75, 3.05) is 31.5 Å². The molecule has 1 aromatic heterocycles. The van der Waals surface area contributed by atoms with Crippen LogP contribution in [0.15, 0.2) is 42.5 Å². The summed E-state index contributed by atoms with van der Waals surface area (Å²) in [5.74, 6) is 2.06. The minimum Gasteiger partial charge on any atom is -0.369 e. The first kappa shape index (κ1) is 23.2. The second kappa shape index (κ2) is 11.3. The van der Waals surface area contributed by atoms with Gasteiger partial charge in [-0.2, -0.15) is 0 Å². The Morgan fingerprint density at radius 3 is 2.42 bits per heavy atom. The summed E-state index contributed by atoms with van der Waals surface area (Å²) in [6, 6.07) is 14.4. The second-order valence-electron chi connectivity index (χ2n) is 8.05. The molecule has 0 saturated heterocycles. The maximum Gasteiger partial charge on any atom is 0.154 e. The Kier molecular flexibility index (Phi) is 8.44. The molecule has 1 heterocycles. The molecule has 0 saturated carbocycles. The second-order valence-corrected chi connectivity index (χ2v) is 8.49. The molecule has 2 aromatic carbocycles. The lowest BCUT2D eigenvalue weighted by atomic mass is 10.0. The molecule has 1 N–H and O–H groups in total. The van der Waals surface area contributed by atoms with E-state index in [1.165, 1.54) is 5.56 Å². The van der Waals surface area contributed by atoms with Crippen molar-refractivity contribution in [3.63, 3.8) is 0 Å². The molecule has 4 nitrogen and oxygen atoms in total. The first-order chi connectivity index (χ1) is 15.0. The molecule has 0 amide bonds. The zero-order chi connectivity index (χ0) is 22.2. The van der Waals surface area contributed by atoms with Crippen LogP contribution >= 0.6 is 11.6 Å². The van der Waals surface area contributed by atoms with Crippen molar-refractivity contribution < 1.29 is 0 Å². The van der Waals surface area contributed by atoms with Crippen molar-refractivity contribution >= 4 is 40.5 Å². The SMILES string of the molecule is CCN(CC)CCCNc1nc(C=Cc2ccc(C(C)C)cc2)nc2ccc(Cl)cc12. The van der Waals surface area contributed by atoms with Gasteiger partial charge in [0.25, 0.3) is 0 Å². The van der Waals surface area contributed by atoms with E-state index in [-0.39, 0.29) is 0 Å². The number of nitrogens with zero attached hydrogens (tertiary/aromatic N) is 3. The fourth-order valence-corrected chi connectivity index (χ4v) is 3.71. The van der Waals surface area contributed by atoms with Crippen LogP contribution in [-0.4, -0.2) is 41.0 Å². The monoisotopic (exact) mass is 436 g/mol. The van der Waals surface area contributed by atoms with Crippen LogP contribution < -0.4 is 5.32 Å². The number of nitrogens with one attached hydrogen (secondary N) is 1. The summed E-state index contributed by atoms with van der Waals surface area (Å²) in [5, 5.41) is 5.15. The van der Waals surface area contributed by atoms with Crippen LogP contribution in [0.25, 0.3) is 23.1 Å². The normalized spacial score (nSPS) is 11.8. The Balaban J connectivity index is 1.79. The van der Waals surface area contributed by atoms with Crippen molar-refractivity contribution in [3.05, 3.63) is 64.4 Å². The topological polar surface area (TPSA) is 41.0 Å². The average molecular weight is 437 g/mol. The van der Waals surface area contributed by atoms with E-state index in [9.17, 15) is 0 Å². The van der Waals surface area contributed by atoms with Crippen molar-refractivity contribution in [1.29, 1.82) is 0 Å². The molecular weight excluding hydrogens is 404 g/mol. The number of aromatic nitrogens is 2. The van der Waals surface area contributed by atoms with Crippen LogP contribution in [0.3, 0.4) is 0 Å². The zero-order valence-electron chi connectivity index (χ0n) is 19.0. The highest BCUT2D eigenvalue weighted by atomic mass is 35.5. The van der Waals surface area contributed by atoms with Crippen LogP contribution in [0.4, 0.5) is 5.82 Å². The van der Waals surface area contributed by atoms with E-state index < -0.39 is 0 Å². The lowest BCUT2D eigenvalue weighted by Gasteiger charge is -2.18. The van der Waals surface area contributed by atoms with E-state index in [1.807, 2.05) is 24.3 Å². The van der Waals surface area contributed by atoms with E-state index >= 15 is 0 Å². The van der Waals surface area contributed by atoms with Crippen LogP contribution in [0.5, 0.6) is 0 Å². The molecule has 5 heteroatoms. The van der Waals surface area contributed by atoms with E-state index in [0.29, 0.717) is 16.8 Å². The molecule has 164 valence electrons. The molecule has 0 fully saturated rings. The third kappa shape index (κ3) is 6.52. The molecule has 3 aromatic rings. The minimum absolute atomic E-state index is 0.532. The predicted octanol–water partition coefficient (Wildman–Crippen LogP) is 6.72. The molecule has 0 aliphatic heterocycles. The Hall–Kier alpha value is -2.43. The van der Waals surface area contributed by atoms with E-state index in [2.05, 4.69) is 68.3 Å². The van der Waals surface area contributed by atoms with Gasteiger partial charge in [0.2, 0.25) is 0 Å². The van der Waals surface area contributed by atoms with Crippen molar-refractivity contribution in [2.45, 2.75) is 40.0 Å². The number of fused-ring (bicyclic) bond motifs is 1. The molecule has 0 radical (unpaired) electrons. The fourth-order valence-electron chi connectivity index (χ4n) is 3.54. The van der Waals surface area contributed by atoms with Gasteiger partial charge < -0.3 is 10.2 Å². The molecular formula is C26H33ClN4. The highest BCUT2D eigenvalue weighted by Gasteiger charge is 2.08. The summed E-state index contributed by atoms with van der Waals surface area (Å²) in [7, 11) is 0. The number of rotatable bonds is 10. The first-order valence-electron chi connectivity index (χ1n) is 11.2. The largest absolute Gasteiger partial charge is 0.369 e. The molecule has 0 atom stereocenters. The number of anilines is 1. The Bertz CT molecular complexity index is 1010. The highest BCUT2D eigenvalue weighted by molar-refractivity contribution is 6.31. The van der Waals surface area contributed by atoms with Crippen LogP contribution in [-0.2, 0) is 0 Å².